The van der Waals surface area contributed by atoms with Gasteiger partial charge >= 0.3 is 0 Å². The van der Waals surface area contributed by atoms with Crippen LogP contribution in [0.15, 0.2) is 0 Å². The van der Waals surface area contributed by atoms with Crippen molar-refractivity contribution in [2.75, 3.05) is 6.61 Å². The Labute approximate surface area is 156 Å². The van der Waals surface area contributed by atoms with Crippen molar-refractivity contribution in [2.24, 2.45) is 0 Å². The summed E-state index contributed by atoms with van der Waals surface area (Å²) in [5.41, 5.74) is -1.22. The highest BCUT2D eigenvalue weighted by Gasteiger charge is 2.60. The molecule has 0 amide bonds. The van der Waals surface area contributed by atoms with E-state index < -0.39 is 11.2 Å². The molecule has 3 heteroatoms. The van der Waals surface area contributed by atoms with E-state index in [9.17, 15) is 5.11 Å². The first-order valence-electron chi connectivity index (χ1n) is 11.0. The van der Waals surface area contributed by atoms with Gasteiger partial charge in [-0.1, -0.05) is 90.4 Å². The number of ether oxygens (including phenoxy) is 1. The van der Waals surface area contributed by atoms with Crippen LogP contribution in [0.3, 0.4) is 0 Å². The Balaban J connectivity index is 1.94. The molecule has 1 aliphatic heterocycles. The van der Waals surface area contributed by atoms with E-state index in [0.717, 1.165) is 12.8 Å². The maximum atomic E-state index is 10.9. The minimum Gasteiger partial charge on any atom is -0.396 e. The predicted molar refractivity (Wildman–Crippen MR) is 106 cm³/mol. The van der Waals surface area contributed by atoms with E-state index >= 15 is 0 Å². The van der Waals surface area contributed by atoms with Gasteiger partial charge in [-0.2, -0.15) is 0 Å². The van der Waals surface area contributed by atoms with Gasteiger partial charge in [0.05, 0.1) is 11.7 Å². The highest BCUT2D eigenvalue weighted by Crippen LogP contribution is 2.47. The zero-order chi connectivity index (χ0) is 18.6. The molecule has 0 aliphatic carbocycles. The van der Waals surface area contributed by atoms with Crippen molar-refractivity contribution >= 4 is 0 Å². The van der Waals surface area contributed by atoms with E-state index in [1.807, 2.05) is 13.8 Å². The molecular weight excluding hydrogens is 312 g/mol. The predicted octanol–water partition coefficient (Wildman–Crippen LogP) is 5.76. The molecule has 150 valence electrons. The average molecular weight is 357 g/mol. The third-order valence-electron chi connectivity index (χ3n) is 6.06. The summed E-state index contributed by atoms with van der Waals surface area (Å²) in [6.45, 7) is 6.28. The monoisotopic (exact) mass is 356 g/mol. The molecule has 1 fully saturated rings. The first-order valence-corrected chi connectivity index (χ1v) is 11.0. The Morgan fingerprint density at radius 3 is 1.60 bits per heavy atom. The molecule has 0 aromatic heterocycles. The van der Waals surface area contributed by atoms with Crippen LogP contribution in [0, 0.1) is 0 Å². The third kappa shape index (κ3) is 7.56. The zero-order valence-corrected chi connectivity index (χ0v) is 17.2. The standard InChI is InChI=1S/C22H44O3/c1-4-5-6-7-8-9-10-11-12-13-14-15-16-18-22(24)20(17-19-23)25-21(22,2)3/h20,23-24H,4-19H2,1-3H3/t20-,22?/m1/s1. The molecule has 25 heavy (non-hydrogen) atoms. The summed E-state index contributed by atoms with van der Waals surface area (Å²) in [7, 11) is 0. The lowest BCUT2D eigenvalue weighted by atomic mass is 9.70. The van der Waals surface area contributed by atoms with Crippen LogP contribution in [0.25, 0.3) is 0 Å². The Bertz CT molecular complexity index is 329. The molecule has 0 spiro atoms. The minimum atomic E-state index is -0.756. The summed E-state index contributed by atoms with van der Waals surface area (Å²) in [6, 6.07) is 0. The van der Waals surface area contributed by atoms with Crippen molar-refractivity contribution in [1.29, 1.82) is 0 Å². The zero-order valence-electron chi connectivity index (χ0n) is 17.2. The minimum absolute atomic E-state index is 0.0850. The lowest BCUT2D eigenvalue weighted by molar-refractivity contribution is -0.342. The van der Waals surface area contributed by atoms with Gasteiger partial charge < -0.3 is 14.9 Å². The Morgan fingerprint density at radius 1 is 0.760 bits per heavy atom. The van der Waals surface area contributed by atoms with Crippen LogP contribution >= 0.6 is 0 Å². The Morgan fingerprint density at radius 2 is 1.20 bits per heavy atom. The highest BCUT2D eigenvalue weighted by atomic mass is 16.6. The van der Waals surface area contributed by atoms with Gasteiger partial charge in [0.2, 0.25) is 0 Å². The van der Waals surface area contributed by atoms with Crippen LogP contribution in [0.5, 0.6) is 0 Å². The lowest BCUT2D eigenvalue weighted by Crippen LogP contribution is -2.71. The number of unbranched alkanes of at least 4 members (excludes halogenated alkanes) is 12. The molecule has 2 atom stereocenters. The van der Waals surface area contributed by atoms with E-state index in [2.05, 4.69) is 6.92 Å². The number of hydrogen-bond acceptors (Lipinski definition) is 3. The second-order valence-electron chi connectivity index (χ2n) is 8.55. The van der Waals surface area contributed by atoms with Crippen LogP contribution in [0.4, 0.5) is 0 Å². The van der Waals surface area contributed by atoms with E-state index in [4.69, 9.17) is 9.84 Å². The molecule has 0 saturated carbocycles. The molecule has 0 bridgehead atoms. The van der Waals surface area contributed by atoms with Gasteiger partial charge in [0.15, 0.2) is 0 Å². The topological polar surface area (TPSA) is 49.7 Å². The fourth-order valence-corrected chi connectivity index (χ4v) is 4.17. The van der Waals surface area contributed by atoms with Crippen LogP contribution in [0.1, 0.15) is 117 Å². The molecule has 2 N–H and O–H groups in total. The van der Waals surface area contributed by atoms with E-state index in [0.29, 0.717) is 6.42 Å². The Hall–Kier alpha value is -0.120. The van der Waals surface area contributed by atoms with Crippen molar-refractivity contribution < 1.29 is 14.9 Å². The quantitative estimate of drug-likeness (QED) is 0.346. The summed E-state index contributed by atoms with van der Waals surface area (Å²) < 4.78 is 5.74. The van der Waals surface area contributed by atoms with Crippen molar-refractivity contribution in [3.05, 3.63) is 0 Å². The van der Waals surface area contributed by atoms with Crippen LogP contribution in [-0.2, 0) is 4.74 Å². The first-order chi connectivity index (χ1) is 12.0. The number of aliphatic hydroxyl groups excluding tert-OH is 1. The van der Waals surface area contributed by atoms with Gasteiger partial charge in [-0.3, -0.25) is 0 Å². The SMILES string of the molecule is CCCCCCCCCCCCCCCC1(O)[C@@H](CCO)OC1(C)C. The van der Waals surface area contributed by atoms with Crippen LogP contribution in [-0.4, -0.2) is 34.1 Å². The maximum absolute atomic E-state index is 10.9. The fraction of sp³-hybridized carbons (Fsp3) is 1.00. The maximum Gasteiger partial charge on any atom is 0.119 e. The van der Waals surface area contributed by atoms with Crippen molar-refractivity contribution in [3.63, 3.8) is 0 Å². The van der Waals surface area contributed by atoms with E-state index in [-0.39, 0.29) is 12.7 Å². The van der Waals surface area contributed by atoms with Gasteiger partial charge in [-0.25, -0.2) is 0 Å². The van der Waals surface area contributed by atoms with Crippen LogP contribution < -0.4 is 0 Å². The normalized spacial score (nSPS) is 25.1. The number of rotatable bonds is 16. The average Bonchev–Trinajstić information content (AvgIpc) is 2.58. The lowest BCUT2D eigenvalue weighted by Gasteiger charge is -2.58. The van der Waals surface area contributed by atoms with Crippen molar-refractivity contribution in [1.82, 2.24) is 0 Å². The van der Waals surface area contributed by atoms with E-state index in [1.54, 1.807) is 0 Å². The summed E-state index contributed by atoms with van der Waals surface area (Å²) in [5, 5.41) is 20.0. The van der Waals surface area contributed by atoms with Gasteiger partial charge in [-0.05, 0) is 26.7 Å². The molecule has 0 radical (unpaired) electrons. The Kier molecular flexibility index (Phi) is 11.3. The molecule has 0 aromatic carbocycles. The van der Waals surface area contributed by atoms with Crippen molar-refractivity contribution in [3.8, 4) is 0 Å². The molecule has 3 nitrogen and oxygen atoms in total. The summed E-state index contributed by atoms with van der Waals surface area (Å²) in [6.07, 6.45) is 18.6. The summed E-state index contributed by atoms with van der Waals surface area (Å²) in [5.74, 6) is 0. The smallest absolute Gasteiger partial charge is 0.119 e. The highest BCUT2D eigenvalue weighted by molar-refractivity contribution is 5.09. The molecular formula is C22H44O3. The molecule has 1 heterocycles. The third-order valence-corrected chi connectivity index (χ3v) is 6.06. The first kappa shape index (κ1) is 22.9. The number of hydrogen-bond donors (Lipinski definition) is 2. The number of aliphatic hydroxyl groups is 2. The second-order valence-corrected chi connectivity index (χ2v) is 8.55. The largest absolute Gasteiger partial charge is 0.396 e. The van der Waals surface area contributed by atoms with Gasteiger partial charge in [-0.15, -0.1) is 0 Å². The molecule has 1 saturated heterocycles. The van der Waals surface area contributed by atoms with Crippen LogP contribution in [0.2, 0.25) is 0 Å². The summed E-state index contributed by atoms with van der Waals surface area (Å²) >= 11 is 0. The molecule has 1 unspecified atom stereocenters. The fourth-order valence-electron chi connectivity index (χ4n) is 4.17. The second kappa shape index (κ2) is 12.3. The molecule has 0 aromatic rings. The molecule has 1 aliphatic rings. The van der Waals surface area contributed by atoms with Gasteiger partial charge in [0.1, 0.15) is 5.60 Å². The van der Waals surface area contributed by atoms with Gasteiger partial charge in [0, 0.05) is 6.61 Å². The molecule has 1 rings (SSSR count). The summed E-state index contributed by atoms with van der Waals surface area (Å²) in [4.78, 5) is 0. The van der Waals surface area contributed by atoms with E-state index in [1.165, 1.54) is 77.0 Å². The van der Waals surface area contributed by atoms with Crippen molar-refractivity contribution in [2.45, 2.75) is 134 Å². The van der Waals surface area contributed by atoms with Gasteiger partial charge in [0.25, 0.3) is 0 Å².